The Morgan fingerprint density at radius 2 is 2.15 bits per heavy atom. The van der Waals surface area contributed by atoms with Gasteiger partial charge in [0.25, 0.3) is 5.89 Å². The number of nitrogens with zero attached hydrogens (tertiary/aromatic N) is 3. The second-order valence-electron chi connectivity index (χ2n) is 4.98. The van der Waals surface area contributed by atoms with Crippen LogP contribution >= 0.6 is 0 Å². The quantitative estimate of drug-likeness (QED) is 0.920. The molecule has 1 N–H and O–H groups in total. The molecule has 106 valence electrons. The number of aliphatic hydroxyl groups is 1. The summed E-state index contributed by atoms with van der Waals surface area (Å²) in [6.45, 7) is 0.645. The monoisotopic (exact) mass is 277 g/mol. The van der Waals surface area contributed by atoms with Crippen molar-refractivity contribution in [1.82, 2.24) is 15.0 Å². The topological polar surface area (TPSA) is 62.4 Å². The van der Waals surface area contributed by atoms with Crippen LogP contribution in [0.25, 0.3) is 11.5 Å². The fourth-order valence-electron chi connectivity index (χ4n) is 2.50. The molecule has 1 aliphatic rings. The van der Waals surface area contributed by atoms with Gasteiger partial charge in [0.2, 0.25) is 0 Å². The number of likely N-dealkylation sites (tertiary alicyclic amines) is 1. The number of hydrogen-bond acceptors (Lipinski definition) is 5. The first-order valence-electron chi connectivity index (χ1n) is 6.63. The standard InChI is InChI=1S/C14H16FN3O2/c15-11-6-12(9-19)18(7-11)8-13-16-14(20-17-13)10-4-2-1-3-5-10/h1-5,11-12,19H,6-9H2/t11-,12-/m0/s1. The van der Waals surface area contributed by atoms with E-state index in [2.05, 4.69) is 10.1 Å². The van der Waals surface area contributed by atoms with E-state index in [4.69, 9.17) is 4.52 Å². The molecule has 0 saturated carbocycles. The molecule has 0 radical (unpaired) electrons. The molecule has 0 bridgehead atoms. The molecule has 20 heavy (non-hydrogen) atoms. The van der Waals surface area contributed by atoms with Gasteiger partial charge in [0, 0.05) is 18.2 Å². The minimum Gasteiger partial charge on any atom is -0.395 e. The van der Waals surface area contributed by atoms with Crippen LogP contribution in [0.4, 0.5) is 4.39 Å². The first-order valence-corrected chi connectivity index (χ1v) is 6.63. The zero-order valence-electron chi connectivity index (χ0n) is 10.9. The lowest BCUT2D eigenvalue weighted by Gasteiger charge is -2.19. The fraction of sp³-hybridized carbons (Fsp3) is 0.429. The van der Waals surface area contributed by atoms with E-state index < -0.39 is 6.17 Å². The summed E-state index contributed by atoms with van der Waals surface area (Å²) in [5.74, 6) is 0.966. The molecule has 1 aromatic carbocycles. The molecule has 1 saturated heterocycles. The van der Waals surface area contributed by atoms with Crippen molar-refractivity contribution in [3.8, 4) is 11.5 Å². The van der Waals surface area contributed by atoms with Crippen molar-refractivity contribution in [3.63, 3.8) is 0 Å². The summed E-state index contributed by atoms with van der Waals surface area (Å²) < 4.78 is 18.6. The van der Waals surface area contributed by atoms with Crippen LogP contribution in [0.15, 0.2) is 34.9 Å². The Hall–Kier alpha value is -1.79. The van der Waals surface area contributed by atoms with Gasteiger partial charge >= 0.3 is 0 Å². The summed E-state index contributed by atoms with van der Waals surface area (Å²) in [4.78, 5) is 6.17. The average molecular weight is 277 g/mol. The first-order chi connectivity index (χ1) is 9.76. The Bertz CT molecular complexity index is 561. The minimum atomic E-state index is -0.896. The zero-order valence-corrected chi connectivity index (χ0v) is 10.9. The summed E-state index contributed by atoms with van der Waals surface area (Å²) in [6, 6.07) is 9.33. The number of hydrogen-bond donors (Lipinski definition) is 1. The van der Waals surface area contributed by atoms with Crippen LogP contribution in [0.2, 0.25) is 0 Å². The van der Waals surface area contributed by atoms with Crippen LogP contribution in [0, 0.1) is 0 Å². The minimum absolute atomic E-state index is 0.0518. The van der Waals surface area contributed by atoms with E-state index in [0.717, 1.165) is 5.56 Å². The maximum absolute atomic E-state index is 13.4. The van der Waals surface area contributed by atoms with Crippen molar-refractivity contribution in [2.75, 3.05) is 13.2 Å². The second-order valence-corrected chi connectivity index (χ2v) is 4.98. The molecule has 1 fully saturated rings. The van der Waals surface area contributed by atoms with Gasteiger partial charge in [-0.1, -0.05) is 23.4 Å². The van der Waals surface area contributed by atoms with Crippen molar-refractivity contribution >= 4 is 0 Å². The van der Waals surface area contributed by atoms with Crippen LogP contribution in [0.5, 0.6) is 0 Å². The van der Waals surface area contributed by atoms with Gasteiger partial charge in [-0.15, -0.1) is 0 Å². The largest absolute Gasteiger partial charge is 0.395 e. The summed E-state index contributed by atoms with van der Waals surface area (Å²) in [5.41, 5.74) is 0.856. The predicted octanol–water partition coefficient (Wildman–Crippen LogP) is 1.64. The van der Waals surface area contributed by atoms with Crippen LogP contribution in [-0.2, 0) is 6.54 Å². The molecule has 3 rings (SSSR count). The SMILES string of the molecule is OC[C@@H]1C[C@H](F)CN1Cc1noc(-c2ccccc2)n1. The smallest absolute Gasteiger partial charge is 0.257 e. The van der Waals surface area contributed by atoms with Gasteiger partial charge in [-0.3, -0.25) is 4.90 Å². The maximum atomic E-state index is 13.4. The number of aliphatic hydroxyl groups excluding tert-OH is 1. The third-order valence-electron chi connectivity index (χ3n) is 3.52. The van der Waals surface area contributed by atoms with Gasteiger partial charge in [-0.2, -0.15) is 4.98 Å². The van der Waals surface area contributed by atoms with Gasteiger partial charge in [0.15, 0.2) is 5.82 Å². The Labute approximate surface area is 116 Å². The first kappa shape index (κ1) is 13.2. The van der Waals surface area contributed by atoms with Crippen molar-refractivity contribution in [3.05, 3.63) is 36.2 Å². The Morgan fingerprint density at radius 3 is 2.90 bits per heavy atom. The highest BCUT2D eigenvalue weighted by Crippen LogP contribution is 2.23. The van der Waals surface area contributed by atoms with Crippen LogP contribution in [0.1, 0.15) is 12.2 Å². The van der Waals surface area contributed by atoms with E-state index in [1.807, 2.05) is 35.2 Å². The van der Waals surface area contributed by atoms with Crippen molar-refractivity contribution < 1.29 is 14.0 Å². The van der Waals surface area contributed by atoms with E-state index in [1.165, 1.54) is 0 Å². The maximum Gasteiger partial charge on any atom is 0.257 e. The second kappa shape index (κ2) is 5.68. The summed E-state index contributed by atoms with van der Waals surface area (Å²) in [7, 11) is 0. The molecule has 0 unspecified atom stereocenters. The number of benzene rings is 1. The van der Waals surface area contributed by atoms with Gasteiger partial charge < -0.3 is 9.63 Å². The highest BCUT2D eigenvalue weighted by Gasteiger charge is 2.32. The normalized spacial score (nSPS) is 23.3. The molecule has 0 spiro atoms. The molecule has 5 nitrogen and oxygen atoms in total. The highest BCUT2D eigenvalue weighted by molar-refractivity contribution is 5.51. The third-order valence-corrected chi connectivity index (χ3v) is 3.52. The fourth-order valence-corrected chi connectivity index (χ4v) is 2.50. The molecule has 2 aromatic rings. The Morgan fingerprint density at radius 1 is 1.35 bits per heavy atom. The molecule has 1 aromatic heterocycles. The Kier molecular flexibility index (Phi) is 3.75. The van der Waals surface area contributed by atoms with Crippen molar-refractivity contribution in [1.29, 1.82) is 0 Å². The summed E-state index contributed by atoms with van der Waals surface area (Å²) in [5, 5.41) is 13.2. The zero-order chi connectivity index (χ0) is 13.9. The number of rotatable bonds is 4. The number of alkyl halides is 1. The van der Waals surface area contributed by atoms with Gasteiger partial charge in [-0.25, -0.2) is 4.39 Å². The van der Waals surface area contributed by atoms with Crippen LogP contribution < -0.4 is 0 Å². The Balaban J connectivity index is 1.72. The highest BCUT2D eigenvalue weighted by atomic mass is 19.1. The van der Waals surface area contributed by atoms with Gasteiger partial charge in [-0.05, 0) is 18.6 Å². The lowest BCUT2D eigenvalue weighted by atomic mass is 10.2. The van der Waals surface area contributed by atoms with Gasteiger partial charge in [0.1, 0.15) is 6.17 Å². The van der Waals surface area contributed by atoms with Crippen molar-refractivity contribution in [2.24, 2.45) is 0 Å². The van der Waals surface area contributed by atoms with Crippen LogP contribution in [0.3, 0.4) is 0 Å². The summed E-state index contributed by atoms with van der Waals surface area (Å²) in [6.07, 6.45) is -0.535. The van der Waals surface area contributed by atoms with E-state index in [9.17, 15) is 9.50 Å². The predicted molar refractivity (Wildman–Crippen MR) is 70.5 cm³/mol. The number of aromatic nitrogens is 2. The van der Waals surface area contributed by atoms with Crippen LogP contribution in [-0.4, -0.2) is 45.5 Å². The van der Waals surface area contributed by atoms with Gasteiger partial charge in [0.05, 0.1) is 13.2 Å². The number of halogens is 1. The van der Waals surface area contributed by atoms with Crippen molar-refractivity contribution in [2.45, 2.75) is 25.2 Å². The third kappa shape index (κ3) is 2.71. The molecule has 0 aliphatic carbocycles. The molecule has 6 heteroatoms. The summed E-state index contributed by atoms with van der Waals surface area (Å²) >= 11 is 0. The lowest BCUT2D eigenvalue weighted by molar-refractivity contribution is 0.149. The molecular formula is C14H16FN3O2. The van der Waals surface area contributed by atoms with E-state index in [-0.39, 0.29) is 12.6 Å². The van der Waals surface area contributed by atoms with E-state index >= 15 is 0 Å². The molecule has 0 amide bonds. The molecular weight excluding hydrogens is 261 g/mol. The average Bonchev–Trinajstić information content (AvgIpc) is 3.07. The van der Waals surface area contributed by atoms with E-state index in [0.29, 0.717) is 31.2 Å². The molecule has 1 aliphatic heterocycles. The molecule has 2 heterocycles. The molecule has 2 atom stereocenters. The van der Waals surface area contributed by atoms with E-state index in [1.54, 1.807) is 0 Å². The lowest BCUT2D eigenvalue weighted by Crippen LogP contribution is -2.32.